The predicted octanol–water partition coefficient (Wildman–Crippen LogP) is 1.50. The molecule has 0 radical (unpaired) electrons. The second-order valence-corrected chi connectivity index (χ2v) is 6.37. The van der Waals surface area contributed by atoms with Crippen molar-refractivity contribution in [2.24, 2.45) is 5.14 Å². The highest BCUT2D eigenvalue weighted by Crippen LogP contribution is 2.08. The monoisotopic (exact) mass is 373 g/mol. The Bertz CT molecular complexity index is 590. The molecule has 7 nitrogen and oxygen atoms in total. The average molecular weight is 375 g/mol. The van der Waals surface area contributed by atoms with E-state index in [1.54, 1.807) is 0 Å². The normalized spacial score (nSPS) is 13.0. The molecule has 0 aliphatic carbocycles. The Morgan fingerprint density at radius 1 is 0.900 bits per heavy atom. The Morgan fingerprint density at radius 3 is 1.65 bits per heavy atom. The second-order valence-electron chi connectivity index (χ2n) is 2.88. The highest BCUT2D eigenvalue weighted by molar-refractivity contribution is 8.08. The van der Waals surface area contributed by atoms with Gasteiger partial charge in [0.25, 0.3) is 0 Å². The van der Waals surface area contributed by atoms with Crippen molar-refractivity contribution in [2.45, 2.75) is 10.1 Å². The third kappa shape index (κ3) is 6.16. The van der Waals surface area contributed by atoms with Gasteiger partial charge in [0.2, 0.25) is 0 Å². The summed E-state index contributed by atoms with van der Waals surface area (Å²) in [6.07, 6.45) is 5.30. The first-order chi connectivity index (χ1) is 9.40. The molecule has 2 atom stereocenters. The molecule has 0 bridgehead atoms. The van der Waals surface area contributed by atoms with Crippen molar-refractivity contribution < 1.29 is 8.42 Å². The van der Waals surface area contributed by atoms with Crippen LogP contribution in [0.2, 0.25) is 10.3 Å². The van der Waals surface area contributed by atoms with E-state index in [-0.39, 0.29) is 20.4 Å². The zero-order chi connectivity index (χ0) is 15.1. The lowest BCUT2D eigenvalue weighted by molar-refractivity contribution is 0.681. The fourth-order valence-corrected chi connectivity index (χ4v) is 2.11. The zero-order valence-corrected chi connectivity index (χ0v) is 13.3. The molecule has 2 aromatic rings. The fraction of sp³-hybridized carbons (Fsp3) is 0. The number of hydrogen-bond donors (Lipinski definition) is 1. The third-order valence-electron chi connectivity index (χ3n) is 1.54. The standard InChI is InChI=1S/C4H2Cl2N2OS.C4H4ClN3OS/c2*5-3-1-7-2-4(8-3)10(6)9/h1-2H;1-2H,6H2. The van der Waals surface area contributed by atoms with Gasteiger partial charge in [-0.15, -0.1) is 0 Å². The van der Waals surface area contributed by atoms with Gasteiger partial charge in [0, 0.05) is 0 Å². The molecule has 2 heterocycles. The largest absolute Gasteiger partial charge is 0.259 e. The summed E-state index contributed by atoms with van der Waals surface area (Å²) in [5.41, 5.74) is 0. The molecule has 2 N–H and O–H groups in total. The van der Waals surface area contributed by atoms with Crippen molar-refractivity contribution in [1.82, 2.24) is 19.9 Å². The molecule has 2 aromatic heterocycles. The third-order valence-corrected chi connectivity index (χ3v) is 3.51. The van der Waals surface area contributed by atoms with Crippen molar-refractivity contribution in [3.05, 3.63) is 35.1 Å². The maximum Gasteiger partial charge on any atom is 0.168 e. The van der Waals surface area contributed by atoms with E-state index in [0.717, 1.165) is 0 Å². The summed E-state index contributed by atoms with van der Waals surface area (Å²) in [4.78, 5) is 14.6. The smallest absolute Gasteiger partial charge is 0.168 e. The SMILES string of the molecule is NS(=O)c1cncc(Cl)n1.O=S(Cl)c1cncc(Cl)n1. The molecule has 0 fully saturated rings. The van der Waals surface area contributed by atoms with Crippen molar-refractivity contribution in [1.29, 1.82) is 0 Å². The molecule has 0 saturated carbocycles. The number of nitrogens with zero attached hydrogens (tertiary/aromatic N) is 4. The summed E-state index contributed by atoms with van der Waals surface area (Å²) in [5, 5.41) is 5.73. The Morgan fingerprint density at radius 2 is 1.35 bits per heavy atom. The molecule has 20 heavy (non-hydrogen) atoms. The number of aromatic nitrogens is 4. The van der Waals surface area contributed by atoms with E-state index in [2.05, 4.69) is 19.9 Å². The first kappa shape index (κ1) is 17.3. The van der Waals surface area contributed by atoms with Gasteiger partial charge in [0.15, 0.2) is 20.1 Å². The topological polar surface area (TPSA) is 112 Å². The molecule has 108 valence electrons. The zero-order valence-electron chi connectivity index (χ0n) is 9.44. The van der Waals surface area contributed by atoms with Gasteiger partial charge < -0.3 is 0 Å². The molecule has 2 unspecified atom stereocenters. The summed E-state index contributed by atoms with van der Waals surface area (Å²) in [6, 6.07) is 0. The first-order valence-corrected chi connectivity index (χ1v) is 8.54. The van der Waals surface area contributed by atoms with Crippen LogP contribution in [0, 0.1) is 0 Å². The van der Waals surface area contributed by atoms with Gasteiger partial charge in [0.1, 0.15) is 21.3 Å². The lowest BCUT2D eigenvalue weighted by atomic mass is 10.8. The van der Waals surface area contributed by atoms with Crippen LogP contribution in [0.25, 0.3) is 0 Å². The summed E-state index contributed by atoms with van der Waals surface area (Å²) in [7, 11) is 1.96. The fourth-order valence-electron chi connectivity index (χ4n) is 0.825. The van der Waals surface area contributed by atoms with Gasteiger partial charge in [-0.3, -0.25) is 9.97 Å². The molecule has 0 spiro atoms. The predicted molar refractivity (Wildman–Crippen MR) is 76.9 cm³/mol. The van der Waals surface area contributed by atoms with Gasteiger partial charge in [-0.25, -0.2) is 23.5 Å². The molecule has 0 amide bonds. The quantitative estimate of drug-likeness (QED) is 0.797. The van der Waals surface area contributed by atoms with Crippen molar-refractivity contribution in [3.8, 4) is 0 Å². The van der Waals surface area contributed by atoms with E-state index in [9.17, 15) is 8.42 Å². The maximum atomic E-state index is 10.5. The summed E-state index contributed by atoms with van der Waals surface area (Å²) < 4.78 is 21.0. The van der Waals surface area contributed by atoms with Crippen LogP contribution in [0.3, 0.4) is 0 Å². The molecule has 12 heteroatoms. The van der Waals surface area contributed by atoms with Gasteiger partial charge in [0.05, 0.1) is 24.8 Å². The Hall–Kier alpha value is -0.710. The van der Waals surface area contributed by atoms with Crippen LogP contribution in [0.5, 0.6) is 0 Å². The minimum Gasteiger partial charge on any atom is -0.259 e. The highest BCUT2D eigenvalue weighted by Gasteiger charge is 2.01. The van der Waals surface area contributed by atoms with Gasteiger partial charge in [-0.1, -0.05) is 23.2 Å². The van der Waals surface area contributed by atoms with Crippen molar-refractivity contribution >= 4 is 54.9 Å². The van der Waals surface area contributed by atoms with Crippen LogP contribution in [0.1, 0.15) is 0 Å². The molecular weight excluding hydrogens is 369 g/mol. The van der Waals surface area contributed by atoms with Crippen LogP contribution < -0.4 is 5.14 Å². The molecule has 0 saturated heterocycles. The summed E-state index contributed by atoms with van der Waals surface area (Å²) in [5.74, 6) is 0. The molecule has 0 aliphatic rings. The van der Waals surface area contributed by atoms with Gasteiger partial charge in [-0.05, 0) is 10.7 Å². The van der Waals surface area contributed by atoms with Crippen molar-refractivity contribution in [2.75, 3.05) is 0 Å². The van der Waals surface area contributed by atoms with E-state index in [0.29, 0.717) is 0 Å². The minimum atomic E-state index is -1.63. The van der Waals surface area contributed by atoms with Crippen LogP contribution in [-0.2, 0) is 21.0 Å². The van der Waals surface area contributed by atoms with E-state index in [4.69, 9.17) is 39.0 Å². The highest BCUT2D eigenvalue weighted by atomic mass is 35.7. The van der Waals surface area contributed by atoms with Crippen LogP contribution in [-0.4, -0.2) is 28.4 Å². The van der Waals surface area contributed by atoms with E-state index in [1.807, 2.05) is 0 Å². The molecular formula is C8H6Cl3N5O2S2. The number of nitrogens with two attached hydrogens (primary N) is 1. The second kappa shape index (κ2) is 8.55. The van der Waals surface area contributed by atoms with Gasteiger partial charge in [-0.2, -0.15) is 0 Å². The Kier molecular flexibility index (Phi) is 7.41. The average Bonchev–Trinajstić information content (AvgIpc) is 2.39. The van der Waals surface area contributed by atoms with E-state index >= 15 is 0 Å². The lowest BCUT2D eigenvalue weighted by Crippen LogP contribution is -2.05. The minimum absolute atomic E-state index is 0.175. The molecule has 0 aliphatic heterocycles. The first-order valence-electron chi connectivity index (χ1n) is 4.59. The molecule has 0 aromatic carbocycles. The molecule has 2 rings (SSSR count). The van der Waals surface area contributed by atoms with Gasteiger partial charge >= 0.3 is 0 Å². The Labute approximate surface area is 133 Å². The Balaban J connectivity index is 0.000000200. The number of rotatable bonds is 2. The lowest BCUT2D eigenvalue weighted by Gasteiger charge is -1.92. The van der Waals surface area contributed by atoms with E-state index < -0.39 is 21.0 Å². The summed E-state index contributed by atoms with van der Waals surface area (Å²) in [6.45, 7) is 0. The summed E-state index contributed by atoms with van der Waals surface area (Å²) >= 11 is 10.8. The van der Waals surface area contributed by atoms with Crippen LogP contribution in [0.4, 0.5) is 0 Å². The van der Waals surface area contributed by atoms with Crippen LogP contribution in [0.15, 0.2) is 34.8 Å². The number of hydrogen-bond acceptors (Lipinski definition) is 6. The van der Waals surface area contributed by atoms with Crippen molar-refractivity contribution in [3.63, 3.8) is 0 Å². The van der Waals surface area contributed by atoms with E-state index in [1.165, 1.54) is 24.8 Å². The maximum absolute atomic E-state index is 10.5. The number of halogens is 3. The van der Waals surface area contributed by atoms with Crippen LogP contribution >= 0.6 is 33.9 Å².